The van der Waals surface area contributed by atoms with Crippen molar-refractivity contribution in [2.24, 2.45) is 5.73 Å². The second-order valence-electron chi connectivity index (χ2n) is 15.5. The van der Waals surface area contributed by atoms with Gasteiger partial charge in [0, 0.05) is 33.1 Å². The van der Waals surface area contributed by atoms with Crippen LogP contribution in [0.15, 0.2) is 188 Å². The molecular formula is C53H43N3. The maximum absolute atomic E-state index is 6.98. The van der Waals surface area contributed by atoms with Gasteiger partial charge >= 0.3 is 0 Å². The molecule has 1 aromatic heterocycles. The number of hydrogen-bond donors (Lipinski definition) is 2. The first-order valence-electron chi connectivity index (χ1n) is 19.6. The van der Waals surface area contributed by atoms with Crippen molar-refractivity contribution in [3.63, 3.8) is 0 Å². The molecule has 3 nitrogen and oxygen atoms in total. The molecule has 1 atom stereocenters. The maximum atomic E-state index is 6.98. The molecule has 1 aliphatic carbocycles. The summed E-state index contributed by atoms with van der Waals surface area (Å²) in [6.07, 6.45) is 2.68. The van der Waals surface area contributed by atoms with E-state index in [-0.39, 0.29) is 11.6 Å². The molecule has 1 heterocycles. The highest BCUT2D eigenvalue weighted by Gasteiger charge is 2.37. The molecule has 0 amide bonds. The lowest BCUT2D eigenvalue weighted by Gasteiger charge is -2.23. The first kappa shape index (κ1) is 33.9. The number of para-hydroxylation sites is 2. The van der Waals surface area contributed by atoms with Crippen LogP contribution in [-0.4, -0.2) is 4.57 Å². The summed E-state index contributed by atoms with van der Waals surface area (Å²) in [7, 11) is 0. The van der Waals surface area contributed by atoms with E-state index in [1.165, 1.54) is 77.1 Å². The third kappa shape index (κ3) is 5.63. The first-order chi connectivity index (χ1) is 27.5. The second kappa shape index (κ2) is 13.6. The van der Waals surface area contributed by atoms with Gasteiger partial charge in [-0.2, -0.15) is 0 Å². The molecule has 0 bridgehead atoms. The Balaban J connectivity index is 1.11. The number of nitrogens with zero attached hydrogens (tertiary/aromatic N) is 1. The monoisotopic (exact) mass is 721 g/mol. The van der Waals surface area contributed by atoms with Gasteiger partial charge in [0.05, 0.1) is 11.0 Å². The van der Waals surface area contributed by atoms with Gasteiger partial charge in [-0.15, -0.1) is 0 Å². The lowest BCUT2D eigenvalue weighted by atomic mass is 9.81. The number of nitrogens with two attached hydrogens (primary N) is 1. The number of hydrogen-bond acceptors (Lipinski definition) is 2. The molecule has 270 valence electrons. The molecule has 1 aliphatic rings. The topological polar surface area (TPSA) is 43.0 Å². The highest BCUT2D eigenvalue weighted by atomic mass is 15.0. The van der Waals surface area contributed by atoms with E-state index >= 15 is 0 Å². The van der Waals surface area contributed by atoms with Crippen molar-refractivity contribution >= 4 is 38.3 Å². The zero-order valence-electron chi connectivity index (χ0n) is 31.7. The molecule has 0 aliphatic heterocycles. The van der Waals surface area contributed by atoms with Gasteiger partial charge in [-0.25, -0.2) is 0 Å². The van der Waals surface area contributed by atoms with Gasteiger partial charge in [0.1, 0.15) is 6.17 Å². The van der Waals surface area contributed by atoms with Crippen LogP contribution in [0, 0.1) is 0 Å². The molecule has 10 rings (SSSR count). The third-order valence-electron chi connectivity index (χ3n) is 11.9. The van der Waals surface area contributed by atoms with Crippen LogP contribution in [0.1, 0.15) is 47.8 Å². The number of rotatable bonds is 8. The first-order valence-corrected chi connectivity index (χ1v) is 19.6. The fourth-order valence-electron chi connectivity index (χ4n) is 9.04. The van der Waals surface area contributed by atoms with Crippen molar-refractivity contribution in [3.05, 3.63) is 216 Å². The predicted octanol–water partition coefficient (Wildman–Crippen LogP) is 12.7. The van der Waals surface area contributed by atoms with Crippen LogP contribution in [0.4, 0.5) is 0 Å². The molecule has 0 fully saturated rings. The van der Waals surface area contributed by atoms with Crippen molar-refractivity contribution in [3.8, 4) is 27.9 Å². The molecule has 9 aromatic rings. The summed E-state index contributed by atoms with van der Waals surface area (Å²) >= 11 is 0. The lowest BCUT2D eigenvalue weighted by molar-refractivity contribution is 0.659. The largest absolute Gasteiger partial charge is 0.366 e. The zero-order valence-corrected chi connectivity index (χ0v) is 31.7. The lowest BCUT2D eigenvalue weighted by Crippen LogP contribution is -2.28. The molecule has 0 saturated carbocycles. The van der Waals surface area contributed by atoms with Gasteiger partial charge in [-0.05, 0) is 98.1 Å². The van der Waals surface area contributed by atoms with Crippen LogP contribution in [0.2, 0.25) is 0 Å². The highest BCUT2D eigenvalue weighted by molar-refractivity contribution is 6.10. The van der Waals surface area contributed by atoms with Gasteiger partial charge in [-0.1, -0.05) is 166 Å². The molecule has 0 radical (unpaired) electrons. The minimum absolute atomic E-state index is 0.148. The fourth-order valence-corrected chi connectivity index (χ4v) is 9.04. The van der Waals surface area contributed by atoms with E-state index < -0.39 is 0 Å². The summed E-state index contributed by atoms with van der Waals surface area (Å²) in [5.41, 5.74) is 22.6. The summed E-state index contributed by atoms with van der Waals surface area (Å²) in [6.45, 7) is 4.71. The minimum Gasteiger partial charge on any atom is -0.366 e. The Labute approximate surface area is 328 Å². The molecular weight excluding hydrogens is 679 g/mol. The molecule has 1 unspecified atom stereocenters. The normalized spacial score (nSPS) is 13.9. The number of allylic oxidation sites excluding steroid dienone is 1. The zero-order chi connectivity index (χ0) is 37.8. The van der Waals surface area contributed by atoms with Crippen LogP contribution in [0.5, 0.6) is 0 Å². The van der Waals surface area contributed by atoms with E-state index in [1.807, 2.05) is 6.07 Å². The minimum atomic E-state index is -0.388. The predicted molar refractivity (Wildman–Crippen MR) is 236 cm³/mol. The van der Waals surface area contributed by atoms with Gasteiger partial charge < -0.3 is 15.6 Å². The van der Waals surface area contributed by atoms with Gasteiger partial charge in [0.25, 0.3) is 0 Å². The Kier molecular flexibility index (Phi) is 8.20. The summed E-state index contributed by atoms with van der Waals surface area (Å²) in [6, 6.07) is 65.7. The SMILES string of the molecule is CC1(C)c2cc3ccccc3cc2-c2c(/C(=C/Cc3ccccc3-c3ccc4c5ccccc5n(-c5ccccc5)c4c3)NC(N)c3ccccc3)cccc21. The highest BCUT2D eigenvalue weighted by Crippen LogP contribution is 2.52. The summed E-state index contributed by atoms with van der Waals surface area (Å²) in [5, 5.41) is 8.83. The molecule has 0 spiro atoms. The van der Waals surface area contributed by atoms with Crippen LogP contribution < -0.4 is 11.1 Å². The van der Waals surface area contributed by atoms with Crippen molar-refractivity contribution in [1.82, 2.24) is 9.88 Å². The standard InChI is InChI=1S/C53H43N3/c1-53(2)46-26-15-25-44(51(46)45-32-37-19-9-10-20-38(37)33-47(45)53)48(55-52(54)36-17-5-3-6-18-36)31-29-35-16-11-12-23-41(35)39-28-30-43-42-24-13-14-27-49(42)56(50(43)34-39)40-21-7-4-8-22-40/h3-28,30-34,52,55H,29,54H2,1-2H3/b48-31-. The molecule has 0 saturated heterocycles. The number of aromatic nitrogens is 1. The Morgan fingerprint density at radius 1 is 0.607 bits per heavy atom. The molecule has 3 N–H and O–H groups in total. The molecule has 8 aromatic carbocycles. The van der Waals surface area contributed by atoms with E-state index in [9.17, 15) is 0 Å². The Hall–Kier alpha value is -6.68. The van der Waals surface area contributed by atoms with E-state index in [4.69, 9.17) is 5.73 Å². The van der Waals surface area contributed by atoms with Crippen LogP contribution in [0.3, 0.4) is 0 Å². The van der Waals surface area contributed by atoms with Crippen molar-refractivity contribution in [2.75, 3.05) is 0 Å². The fraction of sp³-hybridized carbons (Fsp3) is 0.0943. The van der Waals surface area contributed by atoms with Crippen molar-refractivity contribution < 1.29 is 0 Å². The van der Waals surface area contributed by atoms with Crippen molar-refractivity contribution in [1.29, 1.82) is 0 Å². The average molecular weight is 722 g/mol. The van der Waals surface area contributed by atoms with Crippen LogP contribution >= 0.6 is 0 Å². The van der Waals surface area contributed by atoms with Gasteiger partial charge in [0.15, 0.2) is 0 Å². The third-order valence-corrected chi connectivity index (χ3v) is 11.9. The Bertz CT molecular complexity index is 2950. The maximum Gasteiger partial charge on any atom is 0.101 e. The molecule has 56 heavy (non-hydrogen) atoms. The van der Waals surface area contributed by atoms with Gasteiger partial charge in [-0.3, -0.25) is 0 Å². The van der Waals surface area contributed by atoms with E-state index in [1.54, 1.807) is 0 Å². The Morgan fingerprint density at radius 2 is 1.29 bits per heavy atom. The average Bonchev–Trinajstić information content (AvgIpc) is 3.69. The summed E-state index contributed by atoms with van der Waals surface area (Å²) in [4.78, 5) is 0. The van der Waals surface area contributed by atoms with Crippen LogP contribution in [0.25, 0.3) is 66.2 Å². The second-order valence-corrected chi connectivity index (χ2v) is 15.5. The van der Waals surface area contributed by atoms with Crippen molar-refractivity contribution in [2.45, 2.75) is 31.8 Å². The smallest absolute Gasteiger partial charge is 0.101 e. The van der Waals surface area contributed by atoms with Gasteiger partial charge in [0.2, 0.25) is 0 Å². The number of fused-ring (bicyclic) bond motifs is 7. The number of benzene rings is 8. The molecule has 3 heteroatoms. The Morgan fingerprint density at radius 3 is 2.11 bits per heavy atom. The van der Waals surface area contributed by atoms with E-state index in [0.29, 0.717) is 0 Å². The summed E-state index contributed by atoms with van der Waals surface area (Å²) < 4.78 is 2.39. The summed E-state index contributed by atoms with van der Waals surface area (Å²) in [5.74, 6) is 0. The van der Waals surface area contributed by atoms with E-state index in [0.717, 1.165) is 23.4 Å². The number of nitrogens with one attached hydrogen (secondary N) is 1. The quantitative estimate of drug-likeness (QED) is 0.153. The van der Waals surface area contributed by atoms with E-state index in [2.05, 4.69) is 206 Å². The van der Waals surface area contributed by atoms with Crippen LogP contribution in [-0.2, 0) is 11.8 Å².